The van der Waals surface area contributed by atoms with Crippen LogP contribution in [0.2, 0.25) is 0 Å². The van der Waals surface area contributed by atoms with Gasteiger partial charge in [0.2, 0.25) is 5.69 Å². The number of para-hydroxylation sites is 1. The number of ether oxygens (including phenoxy) is 1. The van der Waals surface area contributed by atoms with Gasteiger partial charge in [0.1, 0.15) is 0 Å². The van der Waals surface area contributed by atoms with Crippen molar-refractivity contribution in [3.8, 4) is 5.69 Å². The molecule has 1 aliphatic heterocycles. The molecule has 0 spiro atoms. The lowest BCUT2D eigenvalue weighted by atomic mass is 10.1. The van der Waals surface area contributed by atoms with E-state index in [1.54, 1.807) is 31.2 Å². The van der Waals surface area contributed by atoms with Gasteiger partial charge in [0.25, 0.3) is 11.5 Å². The Morgan fingerprint density at radius 1 is 0.967 bits per heavy atom. The number of rotatable bonds is 4. The fraction of sp³-hybridized carbons (Fsp3) is 0.273. The first-order valence-corrected chi connectivity index (χ1v) is 9.81. The van der Waals surface area contributed by atoms with E-state index in [1.165, 1.54) is 4.90 Å². The van der Waals surface area contributed by atoms with Crippen molar-refractivity contribution in [2.45, 2.75) is 13.0 Å². The molecule has 8 heteroatoms. The van der Waals surface area contributed by atoms with Crippen molar-refractivity contribution in [2.75, 3.05) is 26.3 Å². The average molecular weight is 406 g/mol. The fourth-order valence-corrected chi connectivity index (χ4v) is 3.50. The number of nitrogens with zero attached hydrogens (tertiary/aromatic N) is 4. The Kier molecular flexibility index (Phi) is 5.58. The van der Waals surface area contributed by atoms with Gasteiger partial charge in [-0.15, -0.1) is 0 Å². The number of hydrogen-bond acceptors (Lipinski definition) is 5. The maximum Gasteiger partial charge on any atom is 0.352 e. The molecular formula is C22H22N4O4. The molecule has 0 N–H and O–H groups in total. The van der Waals surface area contributed by atoms with Gasteiger partial charge in [-0.25, -0.2) is 9.36 Å². The quantitative estimate of drug-likeness (QED) is 0.655. The Balaban J connectivity index is 1.91. The van der Waals surface area contributed by atoms with E-state index in [4.69, 9.17) is 4.74 Å². The molecule has 0 radical (unpaired) electrons. The molecule has 0 unspecified atom stereocenters. The van der Waals surface area contributed by atoms with Gasteiger partial charge >= 0.3 is 5.69 Å². The van der Waals surface area contributed by atoms with Gasteiger partial charge < -0.3 is 9.64 Å². The van der Waals surface area contributed by atoms with E-state index in [9.17, 15) is 14.4 Å². The van der Waals surface area contributed by atoms with E-state index in [2.05, 4.69) is 5.10 Å². The molecular weight excluding hydrogens is 384 g/mol. The lowest BCUT2D eigenvalue weighted by Gasteiger charge is -2.26. The highest BCUT2D eigenvalue weighted by molar-refractivity contribution is 5.91. The van der Waals surface area contributed by atoms with Crippen LogP contribution >= 0.6 is 0 Å². The minimum atomic E-state index is -0.694. The fourth-order valence-electron chi connectivity index (χ4n) is 3.50. The number of carbonyl (C=O) groups excluding carboxylic acids is 1. The van der Waals surface area contributed by atoms with Crippen LogP contribution in [0.4, 0.5) is 0 Å². The Bertz CT molecular complexity index is 1150. The summed E-state index contributed by atoms with van der Waals surface area (Å²) in [5.74, 6) is -0.498. The van der Waals surface area contributed by atoms with Gasteiger partial charge in [-0.2, -0.15) is 9.78 Å². The molecule has 30 heavy (non-hydrogen) atoms. The van der Waals surface area contributed by atoms with E-state index < -0.39 is 23.2 Å². The van der Waals surface area contributed by atoms with E-state index in [-0.39, 0.29) is 5.69 Å². The Morgan fingerprint density at radius 2 is 1.57 bits per heavy atom. The number of carbonyl (C=O) groups is 1. The van der Waals surface area contributed by atoms with Crippen molar-refractivity contribution in [2.24, 2.45) is 0 Å². The van der Waals surface area contributed by atoms with Crippen molar-refractivity contribution in [1.29, 1.82) is 0 Å². The molecule has 1 aliphatic rings. The smallest absolute Gasteiger partial charge is 0.352 e. The molecule has 1 saturated heterocycles. The zero-order valence-corrected chi connectivity index (χ0v) is 16.6. The number of hydrogen-bond donors (Lipinski definition) is 0. The Labute approximate surface area is 172 Å². The largest absolute Gasteiger partial charge is 0.378 e. The normalized spacial score (nSPS) is 15.0. The minimum Gasteiger partial charge on any atom is -0.378 e. The molecule has 1 aromatic heterocycles. The Morgan fingerprint density at radius 3 is 2.20 bits per heavy atom. The molecule has 4 rings (SSSR count). The molecule has 0 aliphatic carbocycles. The third-order valence-electron chi connectivity index (χ3n) is 5.18. The van der Waals surface area contributed by atoms with Gasteiger partial charge in [-0.05, 0) is 24.6 Å². The van der Waals surface area contributed by atoms with E-state index in [0.717, 1.165) is 14.8 Å². The number of morpholine rings is 1. The number of amides is 1. The number of aromatic nitrogens is 3. The van der Waals surface area contributed by atoms with Crippen molar-refractivity contribution in [3.05, 3.63) is 92.8 Å². The third kappa shape index (κ3) is 3.69. The second-order valence-corrected chi connectivity index (χ2v) is 7.04. The highest BCUT2D eigenvalue weighted by atomic mass is 16.5. The highest BCUT2D eigenvalue weighted by Gasteiger charge is 2.27. The van der Waals surface area contributed by atoms with Crippen molar-refractivity contribution < 1.29 is 9.53 Å². The molecule has 1 fully saturated rings. The molecule has 3 aromatic rings. The molecule has 0 saturated carbocycles. The summed E-state index contributed by atoms with van der Waals surface area (Å²) >= 11 is 0. The molecule has 154 valence electrons. The van der Waals surface area contributed by atoms with Crippen LogP contribution in [0.5, 0.6) is 0 Å². The van der Waals surface area contributed by atoms with Crippen LogP contribution in [-0.4, -0.2) is 51.5 Å². The first kappa shape index (κ1) is 19.8. The predicted octanol–water partition coefficient (Wildman–Crippen LogP) is 1.48. The van der Waals surface area contributed by atoms with Crippen LogP contribution in [0.1, 0.15) is 29.0 Å². The first-order chi connectivity index (χ1) is 14.6. The highest BCUT2D eigenvalue weighted by Crippen LogP contribution is 2.14. The van der Waals surface area contributed by atoms with Crippen LogP contribution in [0.25, 0.3) is 5.69 Å². The lowest BCUT2D eigenvalue weighted by molar-refractivity contribution is 0.0295. The van der Waals surface area contributed by atoms with Crippen LogP contribution in [0.3, 0.4) is 0 Å². The molecule has 1 amide bonds. The first-order valence-electron chi connectivity index (χ1n) is 9.81. The summed E-state index contributed by atoms with van der Waals surface area (Å²) in [7, 11) is 0. The maximum atomic E-state index is 13.3. The average Bonchev–Trinajstić information content (AvgIpc) is 2.80. The van der Waals surface area contributed by atoms with Gasteiger partial charge in [0, 0.05) is 13.1 Å². The van der Waals surface area contributed by atoms with Crippen LogP contribution < -0.4 is 11.2 Å². The van der Waals surface area contributed by atoms with Gasteiger partial charge in [-0.3, -0.25) is 9.59 Å². The molecule has 1 atom stereocenters. The van der Waals surface area contributed by atoms with Crippen molar-refractivity contribution >= 4 is 5.91 Å². The summed E-state index contributed by atoms with van der Waals surface area (Å²) in [6.45, 7) is 3.31. The summed E-state index contributed by atoms with van der Waals surface area (Å²) in [6, 6.07) is 17.4. The molecule has 8 nitrogen and oxygen atoms in total. The minimum absolute atomic E-state index is 0.275. The molecule has 2 heterocycles. The second-order valence-electron chi connectivity index (χ2n) is 7.04. The summed E-state index contributed by atoms with van der Waals surface area (Å²) in [5, 5.41) is 4.19. The summed E-state index contributed by atoms with van der Waals surface area (Å²) < 4.78 is 7.51. The van der Waals surface area contributed by atoms with E-state index in [1.807, 2.05) is 36.4 Å². The lowest BCUT2D eigenvalue weighted by Crippen LogP contribution is -2.49. The predicted molar refractivity (Wildman–Crippen MR) is 111 cm³/mol. The Hall–Kier alpha value is -3.52. The van der Waals surface area contributed by atoms with Crippen molar-refractivity contribution in [3.63, 3.8) is 0 Å². The van der Waals surface area contributed by atoms with Gasteiger partial charge in [0.05, 0.1) is 24.9 Å². The van der Waals surface area contributed by atoms with Gasteiger partial charge in [0.15, 0.2) is 0 Å². The topological polar surface area (TPSA) is 86.4 Å². The summed E-state index contributed by atoms with van der Waals surface area (Å²) in [5.41, 5.74) is -0.302. The molecule has 2 aromatic carbocycles. The standard InChI is InChI=1S/C22H22N4O4/c1-16(17-8-4-2-5-9-17)25-21(28)19(20(27)24-12-14-30-15-13-24)23-26(22(25)29)18-10-6-3-7-11-18/h2-11,16H,12-15H2,1H3/t16-/m0/s1. The summed E-state index contributed by atoms with van der Waals surface area (Å²) in [4.78, 5) is 41.2. The zero-order valence-electron chi connectivity index (χ0n) is 16.6. The van der Waals surface area contributed by atoms with Crippen LogP contribution in [0, 0.1) is 0 Å². The molecule has 0 bridgehead atoms. The second kappa shape index (κ2) is 8.46. The van der Waals surface area contributed by atoms with Crippen LogP contribution in [-0.2, 0) is 4.74 Å². The van der Waals surface area contributed by atoms with Gasteiger partial charge in [-0.1, -0.05) is 48.5 Å². The van der Waals surface area contributed by atoms with Crippen molar-refractivity contribution in [1.82, 2.24) is 19.2 Å². The van der Waals surface area contributed by atoms with Crippen LogP contribution in [0.15, 0.2) is 70.3 Å². The number of benzene rings is 2. The SMILES string of the molecule is C[C@@H](c1ccccc1)n1c(=O)c(C(=O)N2CCOCC2)nn(-c2ccccc2)c1=O. The van der Waals surface area contributed by atoms with E-state index in [0.29, 0.717) is 32.0 Å². The third-order valence-corrected chi connectivity index (χ3v) is 5.18. The monoisotopic (exact) mass is 406 g/mol. The summed E-state index contributed by atoms with van der Waals surface area (Å²) in [6.07, 6.45) is 0. The maximum absolute atomic E-state index is 13.3. The van der Waals surface area contributed by atoms with E-state index >= 15 is 0 Å². The zero-order chi connectivity index (χ0) is 21.1.